The molecule has 6 heteroatoms. The van der Waals surface area contributed by atoms with E-state index in [1.165, 1.54) is 0 Å². The maximum atomic E-state index is 13.3. The van der Waals surface area contributed by atoms with E-state index in [1.807, 2.05) is 61.5 Å². The minimum Gasteiger partial charge on any atom is -0.507 e. The van der Waals surface area contributed by atoms with Gasteiger partial charge in [-0.05, 0) is 66.8 Å². The van der Waals surface area contributed by atoms with Crippen molar-refractivity contribution in [1.29, 1.82) is 0 Å². The van der Waals surface area contributed by atoms with Gasteiger partial charge in [0.2, 0.25) is 0 Å². The predicted molar refractivity (Wildman–Crippen MR) is 148 cm³/mol. The van der Waals surface area contributed by atoms with Crippen LogP contribution in [0.25, 0.3) is 5.76 Å². The molecule has 1 fully saturated rings. The first-order chi connectivity index (χ1) is 18.5. The number of ether oxygens (including phenoxy) is 2. The summed E-state index contributed by atoms with van der Waals surface area (Å²) in [5.74, 6) is -0.0808. The molecule has 1 heterocycles. The molecule has 1 aliphatic rings. The highest BCUT2D eigenvalue weighted by Gasteiger charge is 2.45. The summed E-state index contributed by atoms with van der Waals surface area (Å²) in [5, 5.41) is 11.3. The molecule has 0 spiro atoms. The Morgan fingerprint density at radius 2 is 1.45 bits per heavy atom. The zero-order valence-electron chi connectivity index (χ0n) is 22.1. The van der Waals surface area contributed by atoms with E-state index < -0.39 is 17.7 Å². The van der Waals surface area contributed by atoms with E-state index in [2.05, 4.69) is 6.92 Å². The number of hydrogen-bond donors (Lipinski definition) is 1. The number of likely N-dealkylation sites (tertiary alicyclic amines) is 1. The van der Waals surface area contributed by atoms with Gasteiger partial charge < -0.3 is 19.5 Å². The maximum absolute atomic E-state index is 13.3. The van der Waals surface area contributed by atoms with Crippen molar-refractivity contribution in [1.82, 2.24) is 4.90 Å². The van der Waals surface area contributed by atoms with Gasteiger partial charge in [-0.3, -0.25) is 9.59 Å². The first-order valence-electron chi connectivity index (χ1n) is 13.3. The van der Waals surface area contributed by atoms with E-state index in [4.69, 9.17) is 9.47 Å². The Kier molecular flexibility index (Phi) is 9.20. The highest BCUT2D eigenvalue weighted by atomic mass is 16.5. The van der Waals surface area contributed by atoms with Crippen molar-refractivity contribution in [2.75, 3.05) is 19.8 Å². The molecule has 6 nitrogen and oxygen atoms in total. The lowest BCUT2D eigenvalue weighted by molar-refractivity contribution is -0.139. The molecular formula is C32H35NO5. The van der Waals surface area contributed by atoms with Crippen molar-refractivity contribution in [3.63, 3.8) is 0 Å². The summed E-state index contributed by atoms with van der Waals surface area (Å²) in [4.78, 5) is 28.1. The Morgan fingerprint density at radius 1 is 0.816 bits per heavy atom. The summed E-state index contributed by atoms with van der Waals surface area (Å²) in [5.41, 5.74) is 2.35. The molecule has 1 aliphatic heterocycles. The van der Waals surface area contributed by atoms with E-state index in [1.54, 1.807) is 29.2 Å². The molecule has 3 aromatic rings. The van der Waals surface area contributed by atoms with Crippen molar-refractivity contribution in [2.24, 2.45) is 0 Å². The third-order valence-corrected chi connectivity index (χ3v) is 6.59. The summed E-state index contributed by atoms with van der Waals surface area (Å²) >= 11 is 0. The molecule has 0 aromatic heterocycles. The molecule has 1 amide bonds. The van der Waals surface area contributed by atoms with Crippen LogP contribution in [0.1, 0.15) is 55.8 Å². The number of aliphatic hydroxyl groups is 1. The Balaban J connectivity index is 1.68. The van der Waals surface area contributed by atoms with Crippen LogP contribution in [-0.4, -0.2) is 41.5 Å². The van der Waals surface area contributed by atoms with Crippen LogP contribution in [0.5, 0.6) is 11.5 Å². The van der Waals surface area contributed by atoms with Crippen LogP contribution in [-0.2, 0) is 16.0 Å². The second-order valence-electron chi connectivity index (χ2n) is 9.37. The third kappa shape index (κ3) is 6.25. The van der Waals surface area contributed by atoms with Crippen LogP contribution in [0.3, 0.4) is 0 Å². The minimum absolute atomic E-state index is 0.0879. The molecule has 0 saturated carbocycles. The smallest absolute Gasteiger partial charge is 0.295 e. The summed E-state index contributed by atoms with van der Waals surface area (Å²) in [6.07, 6.45) is 3.48. The van der Waals surface area contributed by atoms with E-state index in [9.17, 15) is 14.7 Å². The van der Waals surface area contributed by atoms with Gasteiger partial charge in [0.1, 0.15) is 17.3 Å². The first kappa shape index (κ1) is 27.0. The summed E-state index contributed by atoms with van der Waals surface area (Å²) < 4.78 is 11.4. The van der Waals surface area contributed by atoms with Crippen molar-refractivity contribution >= 4 is 17.4 Å². The molecule has 1 unspecified atom stereocenters. The number of rotatable bonds is 12. The van der Waals surface area contributed by atoms with Gasteiger partial charge in [-0.25, -0.2) is 0 Å². The number of benzene rings is 3. The Labute approximate surface area is 224 Å². The standard InChI is InChI=1S/C32H35NO5/c1-3-5-22-38-27-15-11-24(12-16-27)29-28(30(34)25-13-17-26(18-14-25)37-21-4-2)31(35)32(36)33(29)20-19-23-9-7-6-8-10-23/h6-18,29,34H,3-5,19-22H2,1-2H3/b30-28+. The summed E-state index contributed by atoms with van der Waals surface area (Å²) in [7, 11) is 0. The number of Topliss-reactive ketones (excluding diaryl/α,β-unsaturated/α-hetero) is 1. The zero-order valence-corrected chi connectivity index (χ0v) is 22.1. The quantitative estimate of drug-likeness (QED) is 0.133. The van der Waals surface area contributed by atoms with Gasteiger partial charge in [0.15, 0.2) is 0 Å². The Hall–Kier alpha value is -4.06. The third-order valence-electron chi connectivity index (χ3n) is 6.59. The zero-order chi connectivity index (χ0) is 26.9. The molecule has 38 heavy (non-hydrogen) atoms. The van der Waals surface area contributed by atoms with Crippen LogP contribution in [0.4, 0.5) is 0 Å². The number of ketones is 1. The van der Waals surface area contributed by atoms with Crippen LogP contribution in [0.2, 0.25) is 0 Å². The molecule has 0 radical (unpaired) electrons. The van der Waals surface area contributed by atoms with Gasteiger partial charge in [0.05, 0.1) is 24.8 Å². The minimum atomic E-state index is -0.709. The lowest BCUT2D eigenvalue weighted by atomic mass is 9.95. The normalized spacial score (nSPS) is 16.6. The number of carbonyl (C=O) groups is 2. The second-order valence-corrected chi connectivity index (χ2v) is 9.37. The molecule has 0 bridgehead atoms. The molecule has 1 N–H and O–H groups in total. The van der Waals surface area contributed by atoms with Crippen molar-refractivity contribution in [2.45, 2.75) is 45.6 Å². The highest BCUT2D eigenvalue weighted by molar-refractivity contribution is 6.46. The lowest BCUT2D eigenvalue weighted by Crippen LogP contribution is -2.31. The lowest BCUT2D eigenvalue weighted by Gasteiger charge is -2.25. The number of unbranched alkanes of at least 4 members (excludes halogenated alkanes) is 1. The van der Waals surface area contributed by atoms with Gasteiger partial charge in [-0.1, -0.05) is 62.7 Å². The topological polar surface area (TPSA) is 76.1 Å². The van der Waals surface area contributed by atoms with E-state index in [-0.39, 0.29) is 11.3 Å². The predicted octanol–water partition coefficient (Wildman–Crippen LogP) is 6.32. The largest absolute Gasteiger partial charge is 0.507 e. The van der Waals surface area contributed by atoms with Gasteiger partial charge >= 0.3 is 0 Å². The molecule has 198 valence electrons. The molecule has 1 saturated heterocycles. The number of aliphatic hydroxyl groups excluding tert-OH is 1. The fourth-order valence-electron chi connectivity index (χ4n) is 4.52. The molecule has 0 aliphatic carbocycles. The number of carbonyl (C=O) groups excluding carboxylic acids is 2. The van der Waals surface area contributed by atoms with Crippen molar-refractivity contribution in [3.05, 3.63) is 101 Å². The number of nitrogens with zero attached hydrogens (tertiary/aromatic N) is 1. The van der Waals surface area contributed by atoms with Crippen LogP contribution in [0.15, 0.2) is 84.4 Å². The van der Waals surface area contributed by atoms with Crippen LogP contribution in [0, 0.1) is 0 Å². The van der Waals surface area contributed by atoms with E-state index in [0.717, 1.165) is 36.1 Å². The first-order valence-corrected chi connectivity index (χ1v) is 13.3. The van der Waals surface area contributed by atoms with Gasteiger partial charge in [0.25, 0.3) is 11.7 Å². The molecule has 4 rings (SSSR count). The van der Waals surface area contributed by atoms with Gasteiger partial charge in [0, 0.05) is 12.1 Å². The average Bonchev–Trinajstić information content (AvgIpc) is 3.21. The summed E-state index contributed by atoms with van der Waals surface area (Å²) in [6.45, 7) is 5.70. The maximum Gasteiger partial charge on any atom is 0.295 e. The van der Waals surface area contributed by atoms with Gasteiger partial charge in [-0.2, -0.15) is 0 Å². The van der Waals surface area contributed by atoms with Gasteiger partial charge in [-0.15, -0.1) is 0 Å². The number of amides is 1. The van der Waals surface area contributed by atoms with E-state index >= 15 is 0 Å². The van der Waals surface area contributed by atoms with Crippen LogP contribution >= 0.6 is 0 Å². The second kappa shape index (κ2) is 13.0. The molecule has 1 atom stereocenters. The van der Waals surface area contributed by atoms with Crippen molar-refractivity contribution in [3.8, 4) is 11.5 Å². The highest BCUT2D eigenvalue weighted by Crippen LogP contribution is 2.40. The van der Waals surface area contributed by atoms with E-state index in [0.29, 0.717) is 37.5 Å². The molecular weight excluding hydrogens is 478 g/mol. The fourth-order valence-corrected chi connectivity index (χ4v) is 4.52. The fraction of sp³-hybridized carbons (Fsp3) is 0.312. The monoisotopic (exact) mass is 513 g/mol. The van der Waals surface area contributed by atoms with Crippen LogP contribution < -0.4 is 9.47 Å². The number of hydrogen-bond acceptors (Lipinski definition) is 5. The molecule has 3 aromatic carbocycles. The van der Waals surface area contributed by atoms with Crippen molar-refractivity contribution < 1.29 is 24.2 Å². The SMILES string of the molecule is CCCCOc1ccc(C2/C(=C(\O)c3ccc(OCCC)cc3)C(=O)C(=O)N2CCc2ccccc2)cc1. The Bertz CT molecular complexity index is 1250. The average molecular weight is 514 g/mol. The summed E-state index contributed by atoms with van der Waals surface area (Å²) in [6, 6.07) is 23.5. The Morgan fingerprint density at radius 3 is 2.08 bits per heavy atom.